The molecule has 1 N–H and O–H groups in total. The normalized spacial score (nSPS) is 12.4. The maximum atomic E-state index is 13.4. The average Bonchev–Trinajstić information content (AvgIpc) is 2.80. The molecule has 7 nitrogen and oxygen atoms in total. The number of unbranched alkanes of at least 4 members (excludes halogenated alkanes) is 2. The molecule has 186 valence electrons. The van der Waals surface area contributed by atoms with E-state index in [1.54, 1.807) is 43.3 Å². The number of hydrogen-bond donors (Lipinski definition) is 1. The Morgan fingerprint density at radius 3 is 2.18 bits per heavy atom. The first-order valence-corrected chi connectivity index (χ1v) is 13.3. The molecule has 0 heterocycles. The van der Waals surface area contributed by atoms with Gasteiger partial charge in [0, 0.05) is 19.6 Å². The van der Waals surface area contributed by atoms with Crippen LogP contribution in [-0.2, 0) is 32.7 Å². The van der Waals surface area contributed by atoms with Crippen LogP contribution in [0, 0.1) is 5.82 Å². The van der Waals surface area contributed by atoms with E-state index < -0.39 is 34.3 Å². The molecule has 0 bridgehead atoms. The third-order valence-corrected chi connectivity index (χ3v) is 6.69. The van der Waals surface area contributed by atoms with Gasteiger partial charge in [0.15, 0.2) is 0 Å². The van der Waals surface area contributed by atoms with Gasteiger partial charge in [-0.1, -0.05) is 62.2 Å². The van der Waals surface area contributed by atoms with Gasteiger partial charge >= 0.3 is 0 Å². The van der Waals surface area contributed by atoms with Crippen molar-refractivity contribution < 1.29 is 22.4 Å². The topological polar surface area (TPSA) is 86.8 Å². The molecule has 0 fully saturated rings. The van der Waals surface area contributed by atoms with E-state index in [4.69, 9.17) is 0 Å². The molecule has 2 aromatic rings. The van der Waals surface area contributed by atoms with Crippen molar-refractivity contribution in [1.82, 2.24) is 14.5 Å². The number of halogens is 1. The Morgan fingerprint density at radius 1 is 0.971 bits per heavy atom. The van der Waals surface area contributed by atoms with Gasteiger partial charge in [-0.25, -0.2) is 12.8 Å². The van der Waals surface area contributed by atoms with Gasteiger partial charge in [-0.05, 0) is 36.6 Å². The first-order valence-electron chi connectivity index (χ1n) is 11.4. The Kier molecular flexibility index (Phi) is 10.7. The van der Waals surface area contributed by atoms with Crippen LogP contribution in [0.1, 0.15) is 44.2 Å². The van der Waals surface area contributed by atoms with E-state index in [1.807, 2.05) is 6.07 Å². The minimum atomic E-state index is -3.70. The van der Waals surface area contributed by atoms with Gasteiger partial charge in [0.05, 0.1) is 12.8 Å². The zero-order chi connectivity index (χ0) is 25.1. The molecular weight excluding hydrogens is 457 g/mol. The zero-order valence-corrected chi connectivity index (χ0v) is 20.9. The van der Waals surface area contributed by atoms with E-state index in [1.165, 1.54) is 17.0 Å². The average molecular weight is 492 g/mol. The van der Waals surface area contributed by atoms with Gasteiger partial charge in [0.1, 0.15) is 11.9 Å². The largest absolute Gasteiger partial charge is 0.354 e. The molecule has 0 aliphatic carbocycles. The molecule has 0 spiro atoms. The molecule has 0 saturated carbocycles. The minimum absolute atomic E-state index is 0.0351. The lowest BCUT2D eigenvalue weighted by atomic mass is 10.1. The summed E-state index contributed by atoms with van der Waals surface area (Å²) in [5, 5.41) is 2.85. The lowest BCUT2D eigenvalue weighted by molar-refractivity contribution is -0.140. The van der Waals surface area contributed by atoms with Crippen molar-refractivity contribution in [3.05, 3.63) is 71.5 Å². The number of rotatable bonds is 13. The van der Waals surface area contributed by atoms with E-state index in [9.17, 15) is 22.4 Å². The van der Waals surface area contributed by atoms with Crippen LogP contribution < -0.4 is 5.32 Å². The summed E-state index contributed by atoms with van der Waals surface area (Å²) in [6.45, 7) is 3.84. The highest BCUT2D eigenvalue weighted by Crippen LogP contribution is 2.14. The van der Waals surface area contributed by atoms with Crippen LogP contribution in [-0.4, -0.2) is 54.8 Å². The second kappa shape index (κ2) is 13.2. The van der Waals surface area contributed by atoms with Gasteiger partial charge in [-0.15, -0.1) is 0 Å². The Labute approximate surface area is 202 Å². The highest BCUT2D eigenvalue weighted by molar-refractivity contribution is 7.88. The second-order valence-electron chi connectivity index (χ2n) is 8.34. The first-order chi connectivity index (χ1) is 16.1. The quantitative estimate of drug-likeness (QED) is 0.436. The second-order valence-corrected chi connectivity index (χ2v) is 10.3. The van der Waals surface area contributed by atoms with Crippen molar-refractivity contribution in [1.29, 1.82) is 0 Å². The van der Waals surface area contributed by atoms with E-state index in [0.29, 0.717) is 12.1 Å². The zero-order valence-electron chi connectivity index (χ0n) is 20.0. The Hall–Kier alpha value is -2.78. The van der Waals surface area contributed by atoms with Crippen LogP contribution in [0.25, 0.3) is 0 Å². The Balaban J connectivity index is 2.23. The maximum Gasteiger partial charge on any atom is 0.242 e. The fourth-order valence-corrected chi connectivity index (χ4v) is 4.15. The molecule has 2 rings (SSSR count). The van der Waals surface area contributed by atoms with Crippen molar-refractivity contribution >= 4 is 21.8 Å². The minimum Gasteiger partial charge on any atom is -0.354 e. The molecular formula is C25H34FN3O4S. The highest BCUT2D eigenvalue weighted by atomic mass is 32.2. The summed E-state index contributed by atoms with van der Waals surface area (Å²) in [4.78, 5) is 27.5. The highest BCUT2D eigenvalue weighted by Gasteiger charge is 2.29. The summed E-state index contributed by atoms with van der Waals surface area (Å²) in [5.74, 6) is -1.24. The molecule has 34 heavy (non-hydrogen) atoms. The molecule has 0 aliphatic heterocycles. The van der Waals surface area contributed by atoms with E-state index >= 15 is 0 Å². The van der Waals surface area contributed by atoms with E-state index in [2.05, 4.69) is 12.2 Å². The number of nitrogens with zero attached hydrogens (tertiary/aromatic N) is 2. The molecule has 0 radical (unpaired) electrons. The van der Waals surface area contributed by atoms with Gasteiger partial charge in [0.25, 0.3) is 0 Å². The van der Waals surface area contributed by atoms with E-state index in [-0.39, 0.29) is 19.0 Å². The van der Waals surface area contributed by atoms with Crippen LogP contribution in [0.5, 0.6) is 0 Å². The van der Waals surface area contributed by atoms with Crippen molar-refractivity contribution in [2.24, 2.45) is 0 Å². The number of amides is 2. The third-order valence-electron chi connectivity index (χ3n) is 5.50. The maximum absolute atomic E-state index is 13.4. The van der Waals surface area contributed by atoms with Crippen LogP contribution in [0.3, 0.4) is 0 Å². The van der Waals surface area contributed by atoms with Gasteiger partial charge in [0.2, 0.25) is 21.8 Å². The lowest BCUT2D eigenvalue weighted by Gasteiger charge is -2.31. The number of hydrogen-bond acceptors (Lipinski definition) is 4. The summed E-state index contributed by atoms with van der Waals surface area (Å²) < 4.78 is 39.3. The molecule has 9 heteroatoms. The number of benzene rings is 2. The number of carbonyl (C=O) groups is 2. The summed E-state index contributed by atoms with van der Waals surface area (Å²) in [7, 11) is -3.70. The SMILES string of the molecule is CCCCCNC(=O)[C@H](C)N(Cc1ccc(F)cc1)C(=O)CN(Cc1ccccc1)S(C)(=O)=O. The van der Waals surface area contributed by atoms with Crippen LogP contribution in [0.2, 0.25) is 0 Å². The molecule has 0 aromatic heterocycles. The number of carbonyl (C=O) groups excluding carboxylic acids is 2. The van der Waals surface area contributed by atoms with Crippen LogP contribution in [0.4, 0.5) is 4.39 Å². The number of nitrogens with one attached hydrogen (secondary N) is 1. The van der Waals surface area contributed by atoms with Gasteiger partial charge < -0.3 is 10.2 Å². The van der Waals surface area contributed by atoms with Crippen molar-refractivity contribution in [3.63, 3.8) is 0 Å². The molecule has 0 saturated heterocycles. The van der Waals surface area contributed by atoms with Gasteiger partial charge in [-0.2, -0.15) is 4.31 Å². The fourth-order valence-electron chi connectivity index (χ4n) is 3.42. The predicted molar refractivity (Wildman–Crippen MR) is 131 cm³/mol. The summed E-state index contributed by atoms with van der Waals surface area (Å²) in [6.07, 6.45) is 3.89. The predicted octanol–water partition coefficient (Wildman–Crippen LogP) is 3.31. The van der Waals surface area contributed by atoms with Crippen molar-refractivity contribution in [2.45, 2.75) is 52.2 Å². The summed E-state index contributed by atoms with van der Waals surface area (Å²) in [6, 6.07) is 13.8. The molecule has 1 atom stereocenters. The molecule has 2 amide bonds. The fraction of sp³-hybridized carbons (Fsp3) is 0.440. The molecule has 0 unspecified atom stereocenters. The third kappa shape index (κ3) is 8.87. The Bertz CT molecular complexity index is 1030. The Morgan fingerprint density at radius 2 is 1.59 bits per heavy atom. The summed E-state index contributed by atoms with van der Waals surface area (Å²) in [5.41, 5.74) is 1.38. The van der Waals surface area contributed by atoms with Crippen molar-refractivity contribution in [3.8, 4) is 0 Å². The molecule has 2 aromatic carbocycles. The van der Waals surface area contributed by atoms with Gasteiger partial charge in [-0.3, -0.25) is 9.59 Å². The van der Waals surface area contributed by atoms with Crippen LogP contribution in [0.15, 0.2) is 54.6 Å². The smallest absolute Gasteiger partial charge is 0.242 e. The monoisotopic (exact) mass is 491 g/mol. The van der Waals surface area contributed by atoms with Crippen molar-refractivity contribution in [2.75, 3.05) is 19.3 Å². The lowest BCUT2D eigenvalue weighted by Crippen LogP contribution is -2.51. The first kappa shape index (κ1) is 27.5. The number of sulfonamides is 1. The van der Waals surface area contributed by atoms with Crippen LogP contribution >= 0.6 is 0 Å². The summed E-state index contributed by atoms with van der Waals surface area (Å²) >= 11 is 0. The standard InChI is InChI=1S/C25H34FN3O4S/c1-4-5-9-16-27-25(31)20(2)29(18-22-12-14-23(26)15-13-22)24(30)19-28(34(3,32)33)17-21-10-7-6-8-11-21/h6-8,10-15,20H,4-5,9,16-19H2,1-3H3,(H,27,31)/t20-/m0/s1. The van der Waals surface area contributed by atoms with E-state index in [0.717, 1.165) is 35.4 Å². The molecule has 0 aliphatic rings.